The number of hydrogen-bond donors (Lipinski definition) is 0. The van der Waals surface area contributed by atoms with Crippen LogP contribution in [0.15, 0.2) is 0 Å². The number of carbonyl (C=O) groups is 2. The van der Waals surface area contributed by atoms with Crippen molar-refractivity contribution in [3.8, 4) is 0 Å². The predicted molar refractivity (Wildman–Crippen MR) is 29.3 cm³/mol. The molecule has 0 aliphatic carbocycles. The van der Waals surface area contributed by atoms with Gasteiger partial charge in [0.1, 0.15) is 0 Å². The fourth-order valence-electron chi connectivity index (χ4n) is 0.167. The minimum absolute atomic E-state index is 0.240. The lowest BCUT2D eigenvalue weighted by molar-refractivity contribution is -0.155. The van der Waals surface area contributed by atoms with E-state index >= 15 is 0 Å². The Morgan fingerprint density at radius 2 is 1.25 bits per heavy atom. The highest BCUT2D eigenvalue weighted by atomic mass is 27.1. The van der Waals surface area contributed by atoms with Crippen molar-refractivity contribution in [3.63, 3.8) is 0 Å². The molecule has 8 heavy (non-hydrogen) atoms. The van der Waals surface area contributed by atoms with Crippen molar-refractivity contribution in [2.45, 2.75) is 0 Å². The van der Waals surface area contributed by atoms with E-state index in [0.717, 1.165) is 0 Å². The van der Waals surface area contributed by atoms with Crippen molar-refractivity contribution in [1.82, 2.24) is 0 Å². The molecule has 0 amide bonds. The first kappa shape index (κ1) is 8.00. The molecule has 0 radical (unpaired) electrons. The number of rotatable bonds is 0. The van der Waals surface area contributed by atoms with Crippen LogP contribution >= 0.6 is 0 Å². The van der Waals surface area contributed by atoms with E-state index in [4.69, 9.17) is 0 Å². The van der Waals surface area contributed by atoms with Gasteiger partial charge in [-0.05, 0) is 0 Å². The summed E-state index contributed by atoms with van der Waals surface area (Å²) in [6.07, 6.45) is 0. The van der Waals surface area contributed by atoms with Crippen LogP contribution in [-0.4, -0.2) is 45.2 Å². The van der Waals surface area contributed by atoms with E-state index in [-0.39, 0.29) is 33.2 Å². The Bertz CT molecular complexity index is 96.6. The lowest BCUT2D eigenvalue weighted by Crippen LogP contribution is -2.17. The van der Waals surface area contributed by atoms with Gasteiger partial charge in [0.15, 0.2) is 0 Å². The van der Waals surface area contributed by atoms with Crippen LogP contribution < -0.4 is 0 Å². The van der Waals surface area contributed by atoms with Crippen molar-refractivity contribution in [1.29, 1.82) is 0 Å². The minimum Gasteiger partial charge on any atom is -0.613 e. The maximum atomic E-state index is 10.1. The molecule has 42 valence electrons. The third-order valence-electron chi connectivity index (χ3n) is 0.537. The van der Waals surface area contributed by atoms with E-state index in [1.807, 2.05) is 0 Å². The molecular formula is C2H4Al2O4. The van der Waals surface area contributed by atoms with Gasteiger partial charge in [-0.15, -0.1) is 0 Å². The van der Waals surface area contributed by atoms with Gasteiger partial charge in [-0.1, -0.05) is 0 Å². The molecule has 0 bridgehead atoms. The summed E-state index contributed by atoms with van der Waals surface area (Å²) < 4.78 is 8.30. The fourth-order valence-corrected chi connectivity index (χ4v) is 0.500. The van der Waals surface area contributed by atoms with E-state index in [0.29, 0.717) is 0 Å². The van der Waals surface area contributed by atoms with E-state index in [1.54, 1.807) is 0 Å². The van der Waals surface area contributed by atoms with Crippen LogP contribution in [0.2, 0.25) is 0 Å². The smallest absolute Gasteiger partial charge is 0.500 e. The maximum Gasteiger partial charge on any atom is 0.500 e. The summed E-state index contributed by atoms with van der Waals surface area (Å²) >= 11 is 0.481. The molecule has 0 aliphatic heterocycles. The van der Waals surface area contributed by atoms with Crippen molar-refractivity contribution in [3.05, 3.63) is 0 Å². The maximum absolute atomic E-state index is 10.1. The summed E-state index contributed by atoms with van der Waals surface area (Å²) in [5.74, 6) is -1.77. The van der Waals surface area contributed by atoms with Gasteiger partial charge in [-0.25, -0.2) is 9.59 Å². The Kier molecular flexibility index (Phi) is 3.94. The summed E-state index contributed by atoms with van der Waals surface area (Å²) in [6, 6.07) is 0. The summed E-state index contributed by atoms with van der Waals surface area (Å²) in [6.45, 7) is 0. The summed E-state index contributed by atoms with van der Waals surface area (Å²) in [5, 5.41) is 0. The third-order valence-corrected chi connectivity index (χ3v) is 1.28. The molecule has 0 atom stereocenters. The highest BCUT2D eigenvalue weighted by Gasteiger charge is 2.08. The van der Waals surface area contributed by atoms with Gasteiger partial charge in [0.05, 0.1) is 0 Å². The quantitative estimate of drug-likeness (QED) is 0.273. The van der Waals surface area contributed by atoms with E-state index in [9.17, 15) is 9.59 Å². The Labute approximate surface area is 62.7 Å². The number of carbonyl (C=O) groups excluding carboxylic acids is 2. The molecule has 0 saturated carbocycles. The Morgan fingerprint density at radius 1 is 1.00 bits per heavy atom. The second-order valence-corrected chi connectivity index (χ2v) is 1.80. The van der Waals surface area contributed by atoms with E-state index < -0.39 is 11.9 Å². The van der Waals surface area contributed by atoms with Crippen LogP contribution in [0.25, 0.3) is 0 Å². The first-order valence-corrected chi connectivity index (χ1v) is 3.52. The Morgan fingerprint density at radius 3 is 1.38 bits per heavy atom. The van der Waals surface area contributed by atoms with Crippen LogP contribution in [0.5, 0.6) is 0 Å². The fraction of sp³-hybridized carbons (Fsp3) is 0. The number of hydrogen-bond acceptors (Lipinski definition) is 4. The molecule has 4 nitrogen and oxygen atoms in total. The zero-order valence-electron chi connectivity index (χ0n) is 4.63. The predicted octanol–water partition coefficient (Wildman–Crippen LogP) is -2.83. The average Bonchev–Trinajstić information content (AvgIpc) is 1.84. The van der Waals surface area contributed by atoms with Crippen LogP contribution in [0.3, 0.4) is 0 Å². The molecule has 0 fully saturated rings. The summed E-state index contributed by atoms with van der Waals surface area (Å²) in [4.78, 5) is 20.2. The Hall–Kier alpha value is 0.00494. The zero-order chi connectivity index (χ0) is 6.57. The molecule has 0 aliphatic rings. The monoisotopic (exact) mass is 146 g/mol. The zero-order valence-corrected chi connectivity index (χ0v) is 8.63. The van der Waals surface area contributed by atoms with Gasteiger partial charge in [-0.2, -0.15) is 0 Å². The van der Waals surface area contributed by atoms with Crippen LogP contribution in [0.4, 0.5) is 0 Å². The molecule has 0 aromatic heterocycles. The van der Waals surface area contributed by atoms with E-state index in [1.165, 1.54) is 0 Å². The second-order valence-electron chi connectivity index (χ2n) is 0.983. The van der Waals surface area contributed by atoms with E-state index in [2.05, 4.69) is 7.58 Å². The van der Waals surface area contributed by atoms with Gasteiger partial charge < -0.3 is 7.58 Å². The van der Waals surface area contributed by atoms with Crippen molar-refractivity contribution in [2.75, 3.05) is 0 Å². The third kappa shape index (κ3) is 2.35. The van der Waals surface area contributed by atoms with Crippen LogP contribution in [-0.2, 0) is 17.2 Å². The minimum atomic E-state index is -0.883. The van der Waals surface area contributed by atoms with Crippen molar-refractivity contribution >= 4 is 45.2 Å². The Balaban J connectivity index is 3.64. The molecule has 0 spiro atoms. The summed E-state index contributed by atoms with van der Waals surface area (Å²) in [7, 11) is 0. The lowest BCUT2D eigenvalue weighted by atomic mass is 10.7. The van der Waals surface area contributed by atoms with Gasteiger partial charge in [0, 0.05) is 0 Å². The molecule has 0 heterocycles. The highest BCUT2D eigenvalue weighted by molar-refractivity contribution is 6.36. The normalized spacial score (nSPS) is 7.50. The van der Waals surface area contributed by atoms with Gasteiger partial charge in [0.25, 0.3) is 0 Å². The van der Waals surface area contributed by atoms with Crippen LogP contribution in [0.1, 0.15) is 0 Å². The standard InChI is InChI=1S/C2H2O4.2Al.4H/c3-1(4)2(5)6;;;;;;/h(H,3,4)(H,5,6);;;;;;/q;2*+1;;;;/p-2. The topological polar surface area (TPSA) is 52.6 Å². The molecule has 0 N–H and O–H groups in total. The van der Waals surface area contributed by atoms with Gasteiger partial charge in [0.2, 0.25) is 0 Å². The first-order valence-electron chi connectivity index (χ1n) is 1.88. The molecule has 0 aromatic rings. The average molecular weight is 146 g/mol. The molecular weight excluding hydrogens is 142 g/mol. The highest BCUT2D eigenvalue weighted by Crippen LogP contribution is 1.74. The van der Waals surface area contributed by atoms with Crippen molar-refractivity contribution in [2.24, 2.45) is 0 Å². The van der Waals surface area contributed by atoms with Crippen LogP contribution in [0, 0.1) is 0 Å². The SMILES string of the molecule is O=C([O][AlH2])C(=O)[O][AlH2]. The molecule has 6 heteroatoms. The summed E-state index contributed by atoms with van der Waals surface area (Å²) in [5.41, 5.74) is 0. The molecule has 0 rings (SSSR count). The molecule has 0 saturated heterocycles. The first-order chi connectivity index (χ1) is 3.72. The second kappa shape index (κ2) is 3.94. The lowest BCUT2D eigenvalue weighted by Gasteiger charge is -1.97. The van der Waals surface area contributed by atoms with Gasteiger partial charge in [-0.3, -0.25) is 0 Å². The largest absolute Gasteiger partial charge is 0.613 e. The van der Waals surface area contributed by atoms with Gasteiger partial charge >= 0.3 is 45.2 Å². The molecule has 0 unspecified atom stereocenters. The van der Waals surface area contributed by atoms with Crippen molar-refractivity contribution < 1.29 is 17.2 Å². The molecule has 0 aromatic carbocycles.